The van der Waals surface area contributed by atoms with E-state index in [2.05, 4.69) is 26.1 Å². The molecule has 3 heterocycles. The predicted molar refractivity (Wildman–Crippen MR) is 74.0 cm³/mol. The number of nitrogens with zero attached hydrogens (tertiary/aromatic N) is 3. The molecule has 6 heteroatoms. The van der Waals surface area contributed by atoms with E-state index in [9.17, 15) is 0 Å². The molecule has 1 aromatic carbocycles. The van der Waals surface area contributed by atoms with Crippen LogP contribution in [0.15, 0.2) is 18.2 Å². The number of anilines is 1. The van der Waals surface area contributed by atoms with Crippen molar-refractivity contribution in [2.45, 2.75) is 6.42 Å². The summed E-state index contributed by atoms with van der Waals surface area (Å²) in [5.41, 5.74) is 2.24. The van der Waals surface area contributed by atoms with Gasteiger partial charge in [0, 0.05) is 19.5 Å². The van der Waals surface area contributed by atoms with Crippen LogP contribution < -0.4 is 9.64 Å². The number of aromatic nitrogens is 3. The Bertz CT molecular complexity index is 619. The fourth-order valence-electron chi connectivity index (χ4n) is 2.68. The zero-order valence-corrected chi connectivity index (χ0v) is 11.1. The SMILES string of the molecule is c1cc2c(c(-c3nc(N4CCOCC4)n[nH]3)c1)OCC2. The van der Waals surface area contributed by atoms with Crippen LogP contribution in [0.3, 0.4) is 0 Å². The molecule has 6 nitrogen and oxygen atoms in total. The van der Waals surface area contributed by atoms with Gasteiger partial charge >= 0.3 is 0 Å². The van der Waals surface area contributed by atoms with Crippen LogP contribution in [0.5, 0.6) is 5.75 Å². The summed E-state index contributed by atoms with van der Waals surface area (Å²) >= 11 is 0. The van der Waals surface area contributed by atoms with Crippen molar-refractivity contribution in [2.24, 2.45) is 0 Å². The number of nitrogens with one attached hydrogen (secondary N) is 1. The Morgan fingerprint density at radius 3 is 2.95 bits per heavy atom. The fraction of sp³-hybridized carbons (Fsp3) is 0.429. The largest absolute Gasteiger partial charge is 0.492 e. The lowest BCUT2D eigenvalue weighted by Gasteiger charge is -2.25. The van der Waals surface area contributed by atoms with Crippen LogP contribution in [0.1, 0.15) is 5.56 Å². The molecule has 1 N–H and O–H groups in total. The van der Waals surface area contributed by atoms with Gasteiger partial charge in [0.05, 0.1) is 25.4 Å². The Morgan fingerprint density at radius 2 is 2.05 bits per heavy atom. The Labute approximate surface area is 116 Å². The smallest absolute Gasteiger partial charge is 0.245 e. The van der Waals surface area contributed by atoms with Crippen molar-refractivity contribution in [1.29, 1.82) is 0 Å². The molecule has 0 spiro atoms. The predicted octanol–water partition coefficient (Wildman–Crippen LogP) is 1.24. The lowest BCUT2D eigenvalue weighted by Crippen LogP contribution is -2.36. The molecule has 0 aliphatic carbocycles. The molecule has 104 valence electrons. The van der Waals surface area contributed by atoms with Gasteiger partial charge < -0.3 is 14.4 Å². The molecule has 0 unspecified atom stereocenters. The first-order valence-electron chi connectivity index (χ1n) is 6.92. The molecule has 1 fully saturated rings. The van der Waals surface area contributed by atoms with Crippen molar-refractivity contribution in [3.63, 3.8) is 0 Å². The molecule has 2 aromatic rings. The molecule has 20 heavy (non-hydrogen) atoms. The van der Waals surface area contributed by atoms with E-state index in [0.717, 1.165) is 62.4 Å². The number of ether oxygens (including phenoxy) is 2. The summed E-state index contributed by atoms with van der Waals surface area (Å²) in [4.78, 5) is 6.74. The Hall–Kier alpha value is -2.08. The third-order valence-corrected chi connectivity index (χ3v) is 3.74. The highest BCUT2D eigenvalue weighted by atomic mass is 16.5. The van der Waals surface area contributed by atoms with Crippen LogP contribution in [0, 0.1) is 0 Å². The van der Waals surface area contributed by atoms with Gasteiger partial charge in [-0.05, 0) is 11.6 Å². The van der Waals surface area contributed by atoms with Gasteiger partial charge in [-0.15, -0.1) is 5.10 Å². The van der Waals surface area contributed by atoms with Crippen LogP contribution >= 0.6 is 0 Å². The summed E-state index contributed by atoms with van der Waals surface area (Å²) in [6.45, 7) is 3.87. The molecule has 2 aliphatic heterocycles. The molecular weight excluding hydrogens is 256 g/mol. The van der Waals surface area contributed by atoms with Gasteiger partial charge in [-0.1, -0.05) is 12.1 Å². The third kappa shape index (κ3) is 1.92. The standard InChI is InChI=1S/C14H16N4O2/c1-2-10-4-7-20-12(10)11(3-1)13-15-14(17-16-13)18-5-8-19-9-6-18/h1-3H,4-9H2,(H,15,16,17). The number of para-hydroxylation sites is 1. The van der Waals surface area contributed by atoms with E-state index < -0.39 is 0 Å². The monoisotopic (exact) mass is 272 g/mol. The second kappa shape index (κ2) is 4.79. The minimum atomic E-state index is 0.730. The van der Waals surface area contributed by atoms with Crippen LogP contribution in [-0.2, 0) is 11.2 Å². The van der Waals surface area contributed by atoms with Crippen LogP contribution in [0.25, 0.3) is 11.4 Å². The highest BCUT2D eigenvalue weighted by Crippen LogP contribution is 2.35. The average molecular weight is 272 g/mol. The summed E-state index contributed by atoms with van der Waals surface area (Å²) in [7, 11) is 0. The van der Waals surface area contributed by atoms with Crippen molar-refractivity contribution in [3.8, 4) is 17.1 Å². The molecule has 0 amide bonds. The van der Waals surface area contributed by atoms with E-state index in [4.69, 9.17) is 9.47 Å². The summed E-state index contributed by atoms with van der Waals surface area (Å²) < 4.78 is 11.1. The number of fused-ring (bicyclic) bond motifs is 1. The highest BCUT2D eigenvalue weighted by molar-refractivity contribution is 5.68. The van der Waals surface area contributed by atoms with Gasteiger partial charge in [0.1, 0.15) is 5.75 Å². The van der Waals surface area contributed by atoms with Crippen LogP contribution in [-0.4, -0.2) is 48.1 Å². The van der Waals surface area contributed by atoms with Gasteiger partial charge in [-0.3, -0.25) is 5.10 Å². The second-order valence-corrected chi connectivity index (χ2v) is 4.98. The Morgan fingerprint density at radius 1 is 1.15 bits per heavy atom. The highest BCUT2D eigenvalue weighted by Gasteiger charge is 2.21. The van der Waals surface area contributed by atoms with Gasteiger partial charge in [-0.25, -0.2) is 0 Å². The van der Waals surface area contributed by atoms with Crippen LogP contribution in [0.2, 0.25) is 0 Å². The van der Waals surface area contributed by atoms with E-state index in [0.29, 0.717) is 0 Å². The van der Waals surface area contributed by atoms with Gasteiger partial charge in [0.2, 0.25) is 5.95 Å². The molecule has 0 saturated carbocycles. The van der Waals surface area contributed by atoms with E-state index in [1.807, 2.05) is 12.1 Å². The first-order chi connectivity index (χ1) is 9.92. The van der Waals surface area contributed by atoms with Gasteiger partial charge in [0.15, 0.2) is 5.82 Å². The average Bonchev–Trinajstić information content (AvgIpc) is 3.17. The second-order valence-electron chi connectivity index (χ2n) is 4.98. The van der Waals surface area contributed by atoms with Gasteiger partial charge in [-0.2, -0.15) is 4.98 Å². The molecular formula is C14H16N4O2. The van der Waals surface area contributed by atoms with E-state index in [1.165, 1.54) is 5.56 Å². The quantitative estimate of drug-likeness (QED) is 0.891. The molecule has 2 aliphatic rings. The molecule has 1 saturated heterocycles. The summed E-state index contributed by atoms with van der Waals surface area (Å²) in [5.74, 6) is 2.45. The van der Waals surface area contributed by atoms with Gasteiger partial charge in [0.25, 0.3) is 0 Å². The topological polar surface area (TPSA) is 63.3 Å². The lowest BCUT2D eigenvalue weighted by molar-refractivity contribution is 0.122. The zero-order valence-electron chi connectivity index (χ0n) is 11.1. The molecule has 1 aromatic heterocycles. The lowest BCUT2D eigenvalue weighted by atomic mass is 10.1. The number of morpholine rings is 1. The van der Waals surface area contributed by atoms with Crippen molar-refractivity contribution in [2.75, 3.05) is 37.8 Å². The summed E-state index contributed by atoms with van der Waals surface area (Å²) in [5, 5.41) is 7.35. The summed E-state index contributed by atoms with van der Waals surface area (Å²) in [6.07, 6.45) is 0.966. The minimum absolute atomic E-state index is 0.730. The number of rotatable bonds is 2. The van der Waals surface area contributed by atoms with E-state index in [-0.39, 0.29) is 0 Å². The number of benzene rings is 1. The van der Waals surface area contributed by atoms with Crippen molar-refractivity contribution in [3.05, 3.63) is 23.8 Å². The zero-order chi connectivity index (χ0) is 13.4. The van der Waals surface area contributed by atoms with E-state index in [1.54, 1.807) is 0 Å². The van der Waals surface area contributed by atoms with Crippen molar-refractivity contribution < 1.29 is 9.47 Å². The first-order valence-corrected chi connectivity index (χ1v) is 6.92. The third-order valence-electron chi connectivity index (χ3n) is 3.74. The number of hydrogen-bond acceptors (Lipinski definition) is 5. The number of hydrogen-bond donors (Lipinski definition) is 1. The number of aromatic amines is 1. The summed E-state index contributed by atoms with van der Waals surface area (Å²) in [6, 6.07) is 6.17. The van der Waals surface area contributed by atoms with E-state index >= 15 is 0 Å². The fourth-order valence-corrected chi connectivity index (χ4v) is 2.68. The Balaban J connectivity index is 1.66. The normalized spacial score (nSPS) is 17.9. The maximum Gasteiger partial charge on any atom is 0.245 e. The number of H-pyrrole nitrogens is 1. The molecule has 0 radical (unpaired) electrons. The first kappa shape index (κ1) is 11.7. The molecule has 0 bridgehead atoms. The maximum absolute atomic E-state index is 5.72. The Kier molecular flexibility index (Phi) is 2.81. The molecule has 0 atom stereocenters. The minimum Gasteiger partial charge on any atom is -0.492 e. The molecule has 4 rings (SSSR count). The van der Waals surface area contributed by atoms with Crippen molar-refractivity contribution in [1.82, 2.24) is 15.2 Å². The van der Waals surface area contributed by atoms with Crippen molar-refractivity contribution >= 4 is 5.95 Å². The maximum atomic E-state index is 5.72. The van der Waals surface area contributed by atoms with Crippen LogP contribution in [0.4, 0.5) is 5.95 Å².